The molecule has 9 nitrogen and oxygen atoms in total. The number of halogens is 12. The lowest BCUT2D eigenvalue weighted by atomic mass is 10.1. The molecule has 2 rings (SSSR count). The van der Waals surface area contributed by atoms with Crippen LogP contribution in [-0.2, 0) is 20.7 Å². The van der Waals surface area contributed by atoms with Gasteiger partial charge in [0.05, 0.1) is 13.2 Å². The summed E-state index contributed by atoms with van der Waals surface area (Å²) in [5.41, 5.74) is 0.485. The van der Waals surface area contributed by atoms with Gasteiger partial charge < -0.3 is 33.7 Å². The monoisotopic (exact) mass is 719 g/mol. The fourth-order valence-corrected chi connectivity index (χ4v) is 3.56. The minimum Gasteiger partial charge on any atom is -0.492 e. The summed E-state index contributed by atoms with van der Waals surface area (Å²) in [4.78, 5) is 24.3. The van der Waals surface area contributed by atoms with E-state index in [1.54, 1.807) is 6.92 Å². The van der Waals surface area contributed by atoms with E-state index in [1.165, 1.54) is 24.3 Å². The Labute approximate surface area is 262 Å². The van der Waals surface area contributed by atoms with Crippen molar-refractivity contribution in [3.63, 3.8) is 0 Å². The Morgan fingerprint density at radius 3 is 1.88 bits per heavy atom. The topological polar surface area (TPSA) is 104 Å². The number of carboxylic acid groups (broad SMARTS) is 1. The summed E-state index contributed by atoms with van der Waals surface area (Å²) >= 11 is 0. The van der Waals surface area contributed by atoms with E-state index >= 15 is 0 Å². The number of carbonyl (C=O) groups excluding carboxylic acids is 1. The lowest BCUT2D eigenvalue weighted by molar-refractivity contribution is -0.443. The van der Waals surface area contributed by atoms with Gasteiger partial charge >= 0.3 is 42.6 Å². The number of amides is 1. The molecule has 0 saturated carbocycles. The van der Waals surface area contributed by atoms with Crippen LogP contribution in [0.15, 0.2) is 48.5 Å². The van der Waals surface area contributed by atoms with Crippen molar-refractivity contribution in [2.24, 2.45) is 0 Å². The molecule has 0 saturated heterocycles. The van der Waals surface area contributed by atoms with Crippen molar-refractivity contribution >= 4 is 12.1 Å². The van der Waals surface area contributed by atoms with Crippen molar-refractivity contribution in [3.8, 4) is 17.2 Å². The zero-order valence-corrected chi connectivity index (χ0v) is 24.2. The Morgan fingerprint density at radius 1 is 0.792 bits per heavy atom. The molecule has 0 heterocycles. The maximum Gasteiger partial charge on any atom is 0.573 e. The molecule has 270 valence electrons. The second kappa shape index (κ2) is 15.8. The van der Waals surface area contributed by atoms with E-state index in [1.807, 2.05) is 0 Å². The Morgan fingerprint density at radius 2 is 1.35 bits per heavy atom. The molecule has 21 heteroatoms. The van der Waals surface area contributed by atoms with Gasteiger partial charge in [0.2, 0.25) is 0 Å². The standard InChI is InChI=1S/C27H25F12NO8/c1-2-44-20(21(41)42)15-16-7-9-17(10-8-16)45-13-11-40(22(43)47-18-5-3-4-6-19(18)48-27(37,38)39)12-14-46-26(35,36)24(30,31)23(28,29)25(32,33)34/h3-10,20H,2,11-15H2,1H3,(H,41,42). The second-order valence-electron chi connectivity index (χ2n) is 9.34. The van der Waals surface area contributed by atoms with Crippen LogP contribution in [0.25, 0.3) is 0 Å². The zero-order valence-electron chi connectivity index (χ0n) is 24.2. The highest BCUT2D eigenvalue weighted by molar-refractivity contribution is 5.73. The molecule has 2 aromatic rings. The van der Waals surface area contributed by atoms with Gasteiger partial charge in [-0.25, -0.2) is 9.59 Å². The maximum absolute atomic E-state index is 13.8. The first-order valence-corrected chi connectivity index (χ1v) is 13.2. The van der Waals surface area contributed by atoms with Crippen LogP contribution in [0.5, 0.6) is 17.2 Å². The van der Waals surface area contributed by atoms with Crippen LogP contribution in [-0.4, -0.2) is 91.6 Å². The Bertz CT molecular complexity index is 1350. The zero-order chi connectivity index (χ0) is 36.6. The number of nitrogens with zero attached hydrogens (tertiary/aromatic N) is 1. The van der Waals surface area contributed by atoms with Crippen molar-refractivity contribution in [2.45, 2.75) is 49.9 Å². The van der Waals surface area contributed by atoms with Crippen LogP contribution in [0, 0.1) is 0 Å². The fourth-order valence-electron chi connectivity index (χ4n) is 3.56. The predicted molar refractivity (Wildman–Crippen MR) is 136 cm³/mol. The summed E-state index contributed by atoms with van der Waals surface area (Å²) in [7, 11) is 0. The van der Waals surface area contributed by atoms with E-state index in [2.05, 4.69) is 9.47 Å². The number of alkyl halides is 12. The molecule has 0 radical (unpaired) electrons. The third-order valence-electron chi connectivity index (χ3n) is 5.91. The van der Waals surface area contributed by atoms with E-state index in [0.29, 0.717) is 16.5 Å². The quantitative estimate of drug-likeness (QED) is 0.176. The second-order valence-corrected chi connectivity index (χ2v) is 9.34. The molecule has 0 aliphatic heterocycles. The molecular formula is C27H25F12NO8. The average Bonchev–Trinajstić information content (AvgIpc) is 2.96. The number of ether oxygens (including phenoxy) is 5. The van der Waals surface area contributed by atoms with Crippen molar-refractivity contribution < 1.29 is 91.1 Å². The number of para-hydroxylation sites is 2. The first kappa shape index (κ1) is 40.0. The summed E-state index contributed by atoms with van der Waals surface area (Å²) in [6.45, 7) is -2.71. The van der Waals surface area contributed by atoms with E-state index in [0.717, 1.165) is 18.2 Å². The minimum atomic E-state index is -7.24. The molecule has 0 aliphatic carbocycles. The summed E-state index contributed by atoms with van der Waals surface area (Å²) in [5.74, 6) is -17.4. The molecular weight excluding hydrogens is 694 g/mol. The van der Waals surface area contributed by atoms with Gasteiger partial charge in [-0.1, -0.05) is 24.3 Å². The molecule has 0 spiro atoms. The van der Waals surface area contributed by atoms with Gasteiger partial charge in [0.25, 0.3) is 0 Å². The van der Waals surface area contributed by atoms with Crippen LogP contribution in [0.3, 0.4) is 0 Å². The maximum atomic E-state index is 13.8. The molecule has 0 aromatic heterocycles. The van der Waals surface area contributed by atoms with Crippen molar-refractivity contribution in [3.05, 3.63) is 54.1 Å². The van der Waals surface area contributed by atoms with Crippen molar-refractivity contribution in [2.75, 3.05) is 32.9 Å². The normalized spacial score (nSPS) is 13.5. The highest BCUT2D eigenvalue weighted by Crippen LogP contribution is 2.53. The first-order valence-electron chi connectivity index (χ1n) is 13.2. The molecule has 48 heavy (non-hydrogen) atoms. The summed E-state index contributed by atoms with van der Waals surface area (Å²) in [6.07, 6.45) is -21.7. The van der Waals surface area contributed by atoms with Gasteiger partial charge in [-0.05, 0) is 36.8 Å². The Balaban J connectivity index is 2.20. The van der Waals surface area contributed by atoms with Gasteiger partial charge in [-0.2, -0.15) is 39.5 Å². The van der Waals surface area contributed by atoms with Crippen LogP contribution >= 0.6 is 0 Å². The van der Waals surface area contributed by atoms with Gasteiger partial charge in [0.1, 0.15) is 12.4 Å². The van der Waals surface area contributed by atoms with Crippen LogP contribution in [0.1, 0.15) is 12.5 Å². The summed E-state index contributed by atoms with van der Waals surface area (Å²) in [6, 6.07) is 9.18. The number of benzene rings is 2. The molecule has 2 aromatic carbocycles. The Hall–Kier alpha value is -4.14. The molecule has 1 atom stereocenters. The minimum absolute atomic E-state index is 0.0405. The number of rotatable bonds is 17. The van der Waals surface area contributed by atoms with Gasteiger partial charge in [-0.3, -0.25) is 0 Å². The lowest BCUT2D eigenvalue weighted by Gasteiger charge is -2.33. The Kier molecular flexibility index (Phi) is 13.2. The van der Waals surface area contributed by atoms with E-state index in [9.17, 15) is 67.4 Å². The van der Waals surface area contributed by atoms with Crippen LogP contribution < -0.4 is 14.2 Å². The third-order valence-corrected chi connectivity index (χ3v) is 5.91. The van der Waals surface area contributed by atoms with Gasteiger partial charge in [0.15, 0.2) is 17.6 Å². The SMILES string of the molecule is CCOC(Cc1ccc(OCCN(CCOC(F)(F)C(F)(F)C(F)(F)C(F)(F)F)C(=O)Oc2ccccc2OC(F)(F)F)cc1)C(=O)O. The highest BCUT2D eigenvalue weighted by atomic mass is 19.4. The highest BCUT2D eigenvalue weighted by Gasteiger charge is 2.82. The number of hydrogen-bond acceptors (Lipinski definition) is 7. The van der Waals surface area contributed by atoms with E-state index in [-0.39, 0.29) is 18.8 Å². The fraction of sp³-hybridized carbons (Fsp3) is 0.481. The smallest absolute Gasteiger partial charge is 0.492 e. The average molecular weight is 719 g/mol. The number of hydrogen-bond donors (Lipinski definition) is 1. The lowest BCUT2D eigenvalue weighted by Crippen LogP contribution is -2.62. The van der Waals surface area contributed by atoms with Gasteiger partial charge in [0, 0.05) is 19.6 Å². The van der Waals surface area contributed by atoms with Crippen LogP contribution in [0.4, 0.5) is 57.5 Å². The largest absolute Gasteiger partial charge is 0.573 e. The predicted octanol–water partition coefficient (Wildman–Crippen LogP) is 6.94. The summed E-state index contributed by atoms with van der Waals surface area (Å²) < 4.78 is 179. The first-order chi connectivity index (χ1) is 22.0. The number of aliphatic carboxylic acids is 1. The van der Waals surface area contributed by atoms with Gasteiger partial charge in [-0.15, -0.1) is 13.2 Å². The number of carbonyl (C=O) groups is 2. The van der Waals surface area contributed by atoms with E-state index < -0.39 is 86.5 Å². The van der Waals surface area contributed by atoms with Crippen molar-refractivity contribution in [1.29, 1.82) is 0 Å². The molecule has 1 amide bonds. The molecule has 1 unspecified atom stereocenters. The van der Waals surface area contributed by atoms with Crippen molar-refractivity contribution in [1.82, 2.24) is 4.90 Å². The molecule has 0 fully saturated rings. The third kappa shape index (κ3) is 10.7. The van der Waals surface area contributed by atoms with E-state index in [4.69, 9.17) is 14.2 Å². The molecule has 1 N–H and O–H groups in total. The molecule has 0 aliphatic rings. The molecule has 0 bridgehead atoms. The number of carboxylic acids is 1. The van der Waals surface area contributed by atoms with Crippen LogP contribution in [0.2, 0.25) is 0 Å². The summed E-state index contributed by atoms with van der Waals surface area (Å²) in [5, 5.41) is 9.19.